The van der Waals surface area contributed by atoms with Crippen molar-refractivity contribution >= 4 is 11.4 Å². The summed E-state index contributed by atoms with van der Waals surface area (Å²) in [6.07, 6.45) is 0.981. The van der Waals surface area contributed by atoms with Crippen LogP contribution in [0.2, 0.25) is 0 Å². The number of hydrogen-bond acceptors (Lipinski definition) is 6. The highest BCUT2D eigenvalue weighted by molar-refractivity contribution is 5.62. The number of aliphatic hydroxyl groups is 1. The molecule has 1 aromatic rings. The molecule has 4 N–H and O–H groups in total. The summed E-state index contributed by atoms with van der Waals surface area (Å²) >= 11 is 0. The average molecular weight is 268 g/mol. The Bertz CT molecular complexity index is 419. The third kappa shape index (κ3) is 4.47. The SMILES string of the molecule is CCCN(CCO)Cc1ccc([N+](=O)[O-])c(NN)c1. The van der Waals surface area contributed by atoms with E-state index in [1.165, 1.54) is 6.07 Å². The summed E-state index contributed by atoms with van der Waals surface area (Å²) in [5.74, 6) is 5.30. The number of nitro benzene ring substituents is 1. The number of hydrogen-bond donors (Lipinski definition) is 3. The van der Waals surface area contributed by atoms with Gasteiger partial charge in [-0.3, -0.25) is 20.9 Å². The van der Waals surface area contributed by atoms with Crippen molar-refractivity contribution in [3.8, 4) is 0 Å². The van der Waals surface area contributed by atoms with E-state index in [9.17, 15) is 10.1 Å². The summed E-state index contributed by atoms with van der Waals surface area (Å²) in [6.45, 7) is 4.22. The number of rotatable bonds is 8. The van der Waals surface area contributed by atoms with Gasteiger partial charge < -0.3 is 10.5 Å². The minimum atomic E-state index is -0.476. The molecular formula is C12H20N4O3. The molecule has 0 aromatic heterocycles. The van der Waals surface area contributed by atoms with Gasteiger partial charge in [-0.15, -0.1) is 0 Å². The average Bonchev–Trinajstić information content (AvgIpc) is 2.38. The monoisotopic (exact) mass is 268 g/mol. The van der Waals surface area contributed by atoms with E-state index in [-0.39, 0.29) is 12.3 Å². The van der Waals surface area contributed by atoms with Crippen LogP contribution in [0.15, 0.2) is 18.2 Å². The van der Waals surface area contributed by atoms with Crippen molar-refractivity contribution < 1.29 is 10.0 Å². The van der Waals surface area contributed by atoms with Crippen molar-refractivity contribution in [1.29, 1.82) is 0 Å². The number of aliphatic hydroxyl groups excluding tert-OH is 1. The quantitative estimate of drug-likeness (QED) is 0.370. The first-order valence-electron chi connectivity index (χ1n) is 6.19. The fraction of sp³-hybridized carbons (Fsp3) is 0.500. The molecule has 0 aliphatic heterocycles. The van der Waals surface area contributed by atoms with E-state index < -0.39 is 4.92 Å². The van der Waals surface area contributed by atoms with Crippen molar-refractivity contribution in [2.45, 2.75) is 19.9 Å². The lowest BCUT2D eigenvalue weighted by molar-refractivity contribution is -0.384. The molecule has 0 saturated carbocycles. The van der Waals surface area contributed by atoms with Gasteiger partial charge in [-0.2, -0.15) is 0 Å². The molecule has 0 saturated heterocycles. The highest BCUT2D eigenvalue weighted by Crippen LogP contribution is 2.25. The zero-order chi connectivity index (χ0) is 14.3. The lowest BCUT2D eigenvalue weighted by atomic mass is 10.1. The molecule has 0 bridgehead atoms. The standard InChI is InChI=1S/C12H20N4O3/c1-2-5-15(6-7-17)9-10-3-4-12(16(18)19)11(8-10)14-13/h3-4,8,14,17H,2,5-7,9,13H2,1H3. The van der Waals surface area contributed by atoms with Gasteiger partial charge in [0.1, 0.15) is 5.69 Å². The largest absolute Gasteiger partial charge is 0.395 e. The summed E-state index contributed by atoms with van der Waals surface area (Å²) in [5.41, 5.74) is 3.51. The van der Waals surface area contributed by atoms with E-state index in [0.717, 1.165) is 18.5 Å². The van der Waals surface area contributed by atoms with Crippen LogP contribution >= 0.6 is 0 Å². The zero-order valence-corrected chi connectivity index (χ0v) is 11.0. The summed E-state index contributed by atoms with van der Waals surface area (Å²) in [4.78, 5) is 12.4. The van der Waals surface area contributed by atoms with E-state index in [1.807, 2.05) is 0 Å². The maximum Gasteiger partial charge on any atom is 0.293 e. The van der Waals surface area contributed by atoms with E-state index in [2.05, 4.69) is 17.2 Å². The van der Waals surface area contributed by atoms with Crippen LogP contribution in [0.5, 0.6) is 0 Å². The zero-order valence-electron chi connectivity index (χ0n) is 11.0. The molecule has 0 aliphatic carbocycles. The maximum absolute atomic E-state index is 10.8. The molecule has 0 amide bonds. The Labute approximate surface area is 112 Å². The predicted molar refractivity (Wildman–Crippen MR) is 73.6 cm³/mol. The van der Waals surface area contributed by atoms with Crippen molar-refractivity contribution in [3.05, 3.63) is 33.9 Å². The third-order valence-corrected chi connectivity index (χ3v) is 2.78. The number of nitrogens with one attached hydrogen (secondary N) is 1. The van der Waals surface area contributed by atoms with Crippen LogP contribution in [0, 0.1) is 10.1 Å². The molecule has 0 aliphatic rings. The molecular weight excluding hydrogens is 248 g/mol. The van der Waals surface area contributed by atoms with Crippen LogP contribution in [0.1, 0.15) is 18.9 Å². The Balaban J connectivity index is 2.86. The fourth-order valence-electron chi connectivity index (χ4n) is 1.94. The first-order valence-corrected chi connectivity index (χ1v) is 6.19. The van der Waals surface area contributed by atoms with Gasteiger partial charge in [-0.25, -0.2) is 0 Å². The van der Waals surface area contributed by atoms with Crippen LogP contribution in [0.3, 0.4) is 0 Å². The Morgan fingerprint density at radius 1 is 1.47 bits per heavy atom. The lowest BCUT2D eigenvalue weighted by Gasteiger charge is -2.20. The Kier molecular flexibility index (Phi) is 6.20. The van der Waals surface area contributed by atoms with Crippen LogP contribution in [0.4, 0.5) is 11.4 Å². The number of nitrogens with two attached hydrogens (primary N) is 1. The molecule has 0 atom stereocenters. The summed E-state index contributed by atoms with van der Waals surface area (Å²) in [7, 11) is 0. The molecule has 1 rings (SSSR count). The molecule has 106 valence electrons. The normalized spacial score (nSPS) is 10.7. The molecule has 0 heterocycles. The second-order valence-electron chi connectivity index (χ2n) is 4.25. The first kappa shape index (κ1) is 15.4. The Morgan fingerprint density at radius 3 is 2.74 bits per heavy atom. The third-order valence-electron chi connectivity index (χ3n) is 2.78. The number of nitro groups is 1. The molecule has 7 heteroatoms. The molecule has 0 spiro atoms. The molecule has 7 nitrogen and oxygen atoms in total. The van der Waals surface area contributed by atoms with Gasteiger partial charge in [0.05, 0.1) is 11.5 Å². The van der Waals surface area contributed by atoms with Crippen LogP contribution < -0.4 is 11.3 Å². The Morgan fingerprint density at radius 2 is 2.21 bits per heavy atom. The van der Waals surface area contributed by atoms with Gasteiger partial charge in [0.25, 0.3) is 5.69 Å². The smallest absolute Gasteiger partial charge is 0.293 e. The predicted octanol–water partition coefficient (Wildman–Crippen LogP) is 1.08. The van der Waals surface area contributed by atoms with Gasteiger partial charge in [-0.05, 0) is 24.6 Å². The number of hydrazine groups is 1. The van der Waals surface area contributed by atoms with Crippen LogP contribution in [0.25, 0.3) is 0 Å². The van der Waals surface area contributed by atoms with E-state index in [4.69, 9.17) is 10.9 Å². The van der Waals surface area contributed by atoms with E-state index in [1.54, 1.807) is 12.1 Å². The molecule has 0 fully saturated rings. The minimum absolute atomic E-state index is 0.0459. The molecule has 1 aromatic carbocycles. The van der Waals surface area contributed by atoms with Crippen molar-refractivity contribution in [1.82, 2.24) is 4.90 Å². The second kappa shape index (κ2) is 7.67. The van der Waals surface area contributed by atoms with Crippen molar-refractivity contribution in [2.75, 3.05) is 25.1 Å². The van der Waals surface area contributed by atoms with E-state index >= 15 is 0 Å². The van der Waals surface area contributed by atoms with Gasteiger partial charge in [0.15, 0.2) is 0 Å². The van der Waals surface area contributed by atoms with Crippen LogP contribution in [-0.4, -0.2) is 34.6 Å². The highest BCUT2D eigenvalue weighted by Gasteiger charge is 2.14. The van der Waals surface area contributed by atoms with Gasteiger partial charge in [0, 0.05) is 19.2 Å². The summed E-state index contributed by atoms with van der Waals surface area (Å²) in [5, 5.41) is 19.8. The number of nitrogen functional groups attached to an aromatic ring is 1. The fourth-order valence-corrected chi connectivity index (χ4v) is 1.94. The summed E-state index contributed by atoms with van der Waals surface area (Å²) in [6, 6.07) is 4.81. The van der Waals surface area contributed by atoms with Crippen molar-refractivity contribution in [2.24, 2.45) is 5.84 Å². The maximum atomic E-state index is 10.8. The number of benzene rings is 1. The number of anilines is 1. The topological polar surface area (TPSA) is 105 Å². The van der Waals surface area contributed by atoms with Crippen LogP contribution in [-0.2, 0) is 6.54 Å². The minimum Gasteiger partial charge on any atom is -0.395 e. The molecule has 19 heavy (non-hydrogen) atoms. The Hall–Kier alpha value is -1.70. The van der Waals surface area contributed by atoms with E-state index in [0.29, 0.717) is 18.8 Å². The highest BCUT2D eigenvalue weighted by atomic mass is 16.6. The van der Waals surface area contributed by atoms with Gasteiger partial charge in [-0.1, -0.05) is 13.0 Å². The van der Waals surface area contributed by atoms with Gasteiger partial charge in [0.2, 0.25) is 0 Å². The first-order chi connectivity index (χ1) is 9.12. The van der Waals surface area contributed by atoms with Gasteiger partial charge >= 0.3 is 0 Å². The molecule has 0 unspecified atom stereocenters. The van der Waals surface area contributed by atoms with Crippen molar-refractivity contribution in [3.63, 3.8) is 0 Å². The number of nitrogens with zero attached hydrogens (tertiary/aromatic N) is 2. The second-order valence-corrected chi connectivity index (χ2v) is 4.25. The summed E-state index contributed by atoms with van der Waals surface area (Å²) < 4.78 is 0. The molecule has 0 radical (unpaired) electrons. The lowest BCUT2D eigenvalue weighted by Crippen LogP contribution is -2.27.